The molecule has 0 aliphatic carbocycles. The van der Waals surface area contributed by atoms with E-state index in [1.54, 1.807) is 19.9 Å². The van der Waals surface area contributed by atoms with Gasteiger partial charge in [0.25, 0.3) is 5.69 Å². The molecule has 0 aliphatic rings. The van der Waals surface area contributed by atoms with Gasteiger partial charge < -0.3 is 4.84 Å². The normalized spacial score (nSPS) is 10.6. The molecule has 0 saturated carbocycles. The number of nitro benzene ring substituents is 1. The van der Waals surface area contributed by atoms with E-state index >= 15 is 0 Å². The predicted octanol–water partition coefficient (Wildman–Crippen LogP) is 2.19. The highest BCUT2D eigenvalue weighted by atomic mass is 16.6. The van der Waals surface area contributed by atoms with Gasteiger partial charge in [0.05, 0.1) is 11.1 Å². The molecule has 0 spiro atoms. The lowest BCUT2D eigenvalue weighted by atomic mass is 10.0. The number of rotatable bonds is 3. The molecule has 0 heterocycles. The van der Waals surface area contributed by atoms with Crippen molar-refractivity contribution in [1.29, 1.82) is 0 Å². The van der Waals surface area contributed by atoms with Crippen molar-refractivity contribution in [3.05, 3.63) is 38.9 Å². The number of aryl methyl sites for hydroxylation is 2. The van der Waals surface area contributed by atoms with Crippen LogP contribution in [0.1, 0.15) is 16.7 Å². The van der Waals surface area contributed by atoms with Gasteiger partial charge in [-0.25, -0.2) is 0 Å². The van der Waals surface area contributed by atoms with Crippen LogP contribution < -0.4 is 0 Å². The molecular formula is C10H12N2O3. The van der Waals surface area contributed by atoms with E-state index in [-0.39, 0.29) is 10.6 Å². The minimum Gasteiger partial charge on any atom is -0.399 e. The molecular weight excluding hydrogens is 196 g/mol. The SMILES string of the molecule is CO/N=C/c1cc(C)c([N+](=O)[O-])cc1C. The third-order valence-corrected chi connectivity index (χ3v) is 2.08. The van der Waals surface area contributed by atoms with Crippen LogP contribution >= 0.6 is 0 Å². The van der Waals surface area contributed by atoms with Crippen LogP contribution in [0.3, 0.4) is 0 Å². The molecule has 0 N–H and O–H groups in total. The molecule has 15 heavy (non-hydrogen) atoms. The predicted molar refractivity (Wildman–Crippen MR) is 57.2 cm³/mol. The van der Waals surface area contributed by atoms with Crippen molar-refractivity contribution in [1.82, 2.24) is 0 Å². The van der Waals surface area contributed by atoms with E-state index < -0.39 is 0 Å². The standard InChI is InChI=1S/C10H12N2O3/c1-7-5-10(12(13)14)8(2)4-9(7)6-11-15-3/h4-6H,1-3H3/b11-6+. The van der Waals surface area contributed by atoms with Gasteiger partial charge >= 0.3 is 0 Å². The average Bonchev–Trinajstić information content (AvgIpc) is 2.18. The van der Waals surface area contributed by atoms with E-state index in [0.29, 0.717) is 5.56 Å². The van der Waals surface area contributed by atoms with E-state index in [2.05, 4.69) is 9.99 Å². The molecule has 0 radical (unpaired) electrons. The second kappa shape index (κ2) is 4.54. The number of nitro groups is 1. The zero-order chi connectivity index (χ0) is 11.4. The Kier molecular flexibility index (Phi) is 3.38. The van der Waals surface area contributed by atoms with Crippen molar-refractivity contribution in [3.63, 3.8) is 0 Å². The molecule has 0 fully saturated rings. The third kappa shape index (κ3) is 2.52. The Morgan fingerprint density at radius 2 is 2.07 bits per heavy atom. The Hall–Kier alpha value is -1.91. The van der Waals surface area contributed by atoms with Crippen LogP contribution in [0.25, 0.3) is 0 Å². The van der Waals surface area contributed by atoms with Gasteiger partial charge in [-0.05, 0) is 31.0 Å². The van der Waals surface area contributed by atoms with E-state index in [1.807, 2.05) is 0 Å². The van der Waals surface area contributed by atoms with Gasteiger partial charge in [-0.3, -0.25) is 10.1 Å². The van der Waals surface area contributed by atoms with Crippen LogP contribution in [0.2, 0.25) is 0 Å². The summed E-state index contributed by atoms with van der Waals surface area (Å²) in [5.41, 5.74) is 2.36. The summed E-state index contributed by atoms with van der Waals surface area (Å²) in [5, 5.41) is 14.3. The number of oxime groups is 1. The second-order valence-electron chi connectivity index (χ2n) is 3.17. The van der Waals surface area contributed by atoms with Gasteiger partial charge in [-0.1, -0.05) is 5.16 Å². The summed E-state index contributed by atoms with van der Waals surface area (Å²) in [7, 11) is 1.45. The highest BCUT2D eigenvalue weighted by molar-refractivity contribution is 5.82. The van der Waals surface area contributed by atoms with Crippen molar-refractivity contribution in [2.45, 2.75) is 13.8 Å². The first-order valence-corrected chi connectivity index (χ1v) is 4.38. The fourth-order valence-corrected chi connectivity index (χ4v) is 1.27. The molecule has 0 amide bonds. The van der Waals surface area contributed by atoms with Crippen molar-refractivity contribution in [2.24, 2.45) is 5.16 Å². The minimum absolute atomic E-state index is 0.127. The number of nitrogens with zero attached hydrogens (tertiary/aromatic N) is 2. The number of hydrogen-bond acceptors (Lipinski definition) is 4. The van der Waals surface area contributed by atoms with Crippen LogP contribution in [0.15, 0.2) is 17.3 Å². The fourth-order valence-electron chi connectivity index (χ4n) is 1.27. The van der Waals surface area contributed by atoms with Crippen molar-refractivity contribution in [2.75, 3.05) is 7.11 Å². The maximum absolute atomic E-state index is 10.6. The lowest BCUT2D eigenvalue weighted by Gasteiger charge is -2.02. The molecule has 1 aromatic carbocycles. The molecule has 0 unspecified atom stereocenters. The van der Waals surface area contributed by atoms with Gasteiger partial charge in [-0.2, -0.15) is 0 Å². The van der Waals surface area contributed by atoms with E-state index in [0.717, 1.165) is 11.1 Å². The third-order valence-electron chi connectivity index (χ3n) is 2.08. The minimum atomic E-state index is -0.389. The summed E-state index contributed by atoms with van der Waals surface area (Å²) >= 11 is 0. The number of benzene rings is 1. The largest absolute Gasteiger partial charge is 0.399 e. The Morgan fingerprint density at radius 3 is 2.60 bits per heavy atom. The van der Waals surface area contributed by atoms with E-state index in [4.69, 9.17) is 0 Å². The van der Waals surface area contributed by atoms with Crippen molar-refractivity contribution in [3.8, 4) is 0 Å². The summed E-state index contributed by atoms with van der Waals surface area (Å²) in [5.74, 6) is 0. The molecule has 1 aromatic rings. The summed E-state index contributed by atoms with van der Waals surface area (Å²) in [6, 6.07) is 3.25. The van der Waals surface area contributed by atoms with Crippen LogP contribution in [0.5, 0.6) is 0 Å². The fraction of sp³-hybridized carbons (Fsp3) is 0.300. The van der Waals surface area contributed by atoms with Crippen molar-refractivity contribution < 1.29 is 9.76 Å². The van der Waals surface area contributed by atoms with Gasteiger partial charge in [0.15, 0.2) is 0 Å². The van der Waals surface area contributed by atoms with Crippen LogP contribution in [0, 0.1) is 24.0 Å². The van der Waals surface area contributed by atoms with E-state index in [1.165, 1.54) is 19.4 Å². The summed E-state index contributed by atoms with van der Waals surface area (Å²) in [6.45, 7) is 3.49. The molecule has 0 aliphatic heterocycles. The van der Waals surface area contributed by atoms with Crippen molar-refractivity contribution >= 4 is 11.9 Å². The van der Waals surface area contributed by atoms with E-state index in [9.17, 15) is 10.1 Å². The first-order chi connectivity index (χ1) is 7.06. The first-order valence-electron chi connectivity index (χ1n) is 4.38. The summed E-state index contributed by atoms with van der Waals surface area (Å²) in [6.07, 6.45) is 1.53. The maximum Gasteiger partial charge on any atom is 0.272 e. The Morgan fingerprint density at radius 1 is 1.40 bits per heavy atom. The van der Waals surface area contributed by atoms with Gasteiger partial charge in [0.1, 0.15) is 7.11 Å². The smallest absolute Gasteiger partial charge is 0.272 e. The highest BCUT2D eigenvalue weighted by Gasteiger charge is 2.12. The maximum atomic E-state index is 10.6. The van der Waals surface area contributed by atoms with Crippen LogP contribution in [0.4, 0.5) is 5.69 Å². The van der Waals surface area contributed by atoms with Crippen LogP contribution in [-0.2, 0) is 4.84 Å². The molecule has 0 bridgehead atoms. The second-order valence-corrected chi connectivity index (χ2v) is 3.17. The Bertz CT molecular complexity index is 413. The molecule has 5 nitrogen and oxygen atoms in total. The quantitative estimate of drug-likeness (QED) is 0.434. The van der Waals surface area contributed by atoms with Gasteiger partial charge in [0.2, 0.25) is 0 Å². The van der Waals surface area contributed by atoms with Gasteiger partial charge in [0, 0.05) is 11.6 Å². The average molecular weight is 208 g/mol. The zero-order valence-electron chi connectivity index (χ0n) is 8.85. The molecule has 0 saturated heterocycles. The van der Waals surface area contributed by atoms with Gasteiger partial charge in [-0.15, -0.1) is 0 Å². The highest BCUT2D eigenvalue weighted by Crippen LogP contribution is 2.21. The zero-order valence-corrected chi connectivity index (χ0v) is 8.85. The van der Waals surface area contributed by atoms with Crippen LogP contribution in [-0.4, -0.2) is 18.2 Å². The summed E-state index contributed by atoms with van der Waals surface area (Å²) < 4.78 is 0. The molecule has 80 valence electrons. The molecule has 1 rings (SSSR count). The lowest BCUT2D eigenvalue weighted by molar-refractivity contribution is -0.385. The molecule has 0 aromatic heterocycles. The lowest BCUT2D eigenvalue weighted by Crippen LogP contribution is -1.96. The Balaban J connectivity index is 3.19. The monoisotopic (exact) mass is 208 g/mol. The topological polar surface area (TPSA) is 64.7 Å². The Labute approximate surface area is 87.5 Å². The first kappa shape index (κ1) is 11.2. The summed E-state index contributed by atoms with van der Waals surface area (Å²) in [4.78, 5) is 14.8. The number of hydrogen-bond donors (Lipinski definition) is 0. The molecule has 0 atom stereocenters. The molecule has 5 heteroatoms.